The number of alkyl halides is 3. The molecule has 2 N–H and O–H groups in total. The predicted octanol–water partition coefficient (Wildman–Crippen LogP) is 3.12. The van der Waals surface area contributed by atoms with Gasteiger partial charge in [0.2, 0.25) is 0 Å². The van der Waals surface area contributed by atoms with Crippen LogP contribution in [0.3, 0.4) is 0 Å². The standard InChI is InChI=1S/C17H12F4N2O4/c18-11-4-6-12(7-5-11)22-14(24)9-27-15(25)10-2-1-3-13(8-10)23-16(26)17(19,20)21/h1-8H,9H2,(H,22,24)(H,23,26). The lowest BCUT2D eigenvalue weighted by Gasteiger charge is -2.09. The lowest BCUT2D eigenvalue weighted by molar-refractivity contribution is -0.167. The Morgan fingerprint density at radius 1 is 0.926 bits per heavy atom. The lowest BCUT2D eigenvalue weighted by Crippen LogP contribution is -2.30. The normalized spacial score (nSPS) is 10.8. The Bertz CT molecular complexity index is 851. The molecular weight excluding hydrogens is 372 g/mol. The van der Waals surface area contributed by atoms with Crippen LogP contribution in [0.2, 0.25) is 0 Å². The minimum Gasteiger partial charge on any atom is -0.452 e. The Hall–Kier alpha value is -3.43. The number of anilines is 2. The summed E-state index contributed by atoms with van der Waals surface area (Å²) in [7, 11) is 0. The third-order valence-electron chi connectivity index (χ3n) is 3.08. The number of hydrogen-bond donors (Lipinski definition) is 2. The van der Waals surface area contributed by atoms with Gasteiger partial charge in [0, 0.05) is 11.4 Å². The van der Waals surface area contributed by atoms with Gasteiger partial charge in [0.15, 0.2) is 6.61 Å². The smallest absolute Gasteiger partial charge is 0.452 e. The second-order valence-corrected chi connectivity index (χ2v) is 5.16. The minimum absolute atomic E-state index is 0.162. The Labute approximate surface area is 150 Å². The van der Waals surface area contributed by atoms with Crippen molar-refractivity contribution in [2.45, 2.75) is 6.18 Å². The average molecular weight is 384 g/mol. The number of carbonyl (C=O) groups is 3. The minimum atomic E-state index is -5.07. The molecule has 0 aliphatic carbocycles. The molecule has 0 saturated heterocycles. The molecule has 10 heteroatoms. The number of rotatable bonds is 5. The van der Waals surface area contributed by atoms with Crippen molar-refractivity contribution in [3.05, 3.63) is 59.9 Å². The van der Waals surface area contributed by atoms with Crippen molar-refractivity contribution < 1.29 is 36.7 Å². The third-order valence-corrected chi connectivity index (χ3v) is 3.08. The quantitative estimate of drug-likeness (QED) is 0.613. The van der Waals surface area contributed by atoms with Crippen molar-refractivity contribution in [3.8, 4) is 0 Å². The number of benzene rings is 2. The molecule has 6 nitrogen and oxygen atoms in total. The first-order chi connectivity index (χ1) is 12.6. The molecule has 0 aromatic heterocycles. The molecule has 0 spiro atoms. The highest BCUT2D eigenvalue weighted by molar-refractivity contribution is 5.98. The molecule has 0 heterocycles. The van der Waals surface area contributed by atoms with E-state index in [9.17, 15) is 31.9 Å². The maximum absolute atomic E-state index is 12.8. The summed E-state index contributed by atoms with van der Waals surface area (Å²) in [6, 6.07) is 9.48. The van der Waals surface area contributed by atoms with Gasteiger partial charge < -0.3 is 15.4 Å². The van der Waals surface area contributed by atoms with E-state index in [1.54, 1.807) is 5.32 Å². The van der Waals surface area contributed by atoms with Crippen LogP contribution < -0.4 is 10.6 Å². The van der Waals surface area contributed by atoms with Crippen LogP contribution in [-0.4, -0.2) is 30.6 Å². The fourth-order valence-electron chi connectivity index (χ4n) is 1.87. The zero-order valence-corrected chi connectivity index (χ0v) is 13.5. The van der Waals surface area contributed by atoms with Crippen molar-refractivity contribution >= 4 is 29.2 Å². The summed E-state index contributed by atoms with van der Waals surface area (Å²) in [5.74, 6) is -4.35. The van der Waals surface area contributed by atoms with E-state index >= 15 is 0 Å². The molecule has 2 amide bonds. The molecule has 2 aromatic rings. The van der Waals surface area contributed by atoms with Crippen molar-refractivity contribution in [2.75, 3.05) is 17.2 Å². The maximum atomic E-state index is 12.8. The van der Waals surface area contributed by atoms with Crippen LogP contribution in [-0.2, 0) is 14.3 Å². The van der Waals surface area contributed by atoms with Crippen molar-refractivity contribution in [3.63, 3.8) is 0 Å². The fraction of sp³-hybridized carbons (Fsp3) is 0.118. The molecule has 0 atom stereocenters. The Morgan fingerprint density at radius 3 is 2.22 bits per heavy atom. The van der Waals surface area contributed by atoms with Gasteiger partial charge in [-0.1, -0.05) is 6.07 Å². The molecule has 0 fully saturated rings. The highest BCUT2D eigenvalue weighted by Gasteiger charge is 2.38. The third kappa shape index (κ3) is 6.10. The zero-order valence-electron chi connectivity index (χ0n) is 13.5. The van der Waals surface area contributed by atoms with Gasteiger partial charge in [0.05, 0.1) is 5.56 Å². The molecule has 27 heavy (non-hydrogen) atoms. The molecule has 0 bridgehead atoms. The summed E-state index contributed by atoms with van der Waals surface area (Å²) in [5.41, 5.74) is -0.138. The van der Waals surface area contributed by atoms with Crippen LogP contribution in [0.15, 0.2) is 48.5 Å². The predicted molar refractivity (Wildman–Crippen MR) is 86.4 cm³/mol. The molecule has 2 aromatic carbocycles. The molecule has 0 aliphatic rings. The number of nitrogens with one attached hydrogen (secondary N) is 2. The molecule has 0 aliphatic heterocycles. The van der Waals surface area contributed by atoms with E-state index in [2.05, 4.69) is 5.32 Å². The topological polar surface area (TPSA) is 84.5 Å². The highest BCUT2D eigenvalue weighted by Crippen LogP contribution is 2.19. The zero-order chi connectivity index (χ0) is 20.0. The first kappa shape index (κ1) is 19.9. The van der Waals surface area contributed by atoms with Gasteiger partial charge in [0.1, 0.15) is 5.82 Å². The first-order valence-electron chi connectivity index (χ1n) is 7.36. The number of esters is 1. The van der Waals surface area contributed by atoms with Gasteiger partial charge in [-0.05, 0) is 42.5 Å². The van der Waals surface area contributed by atoms with Crippen LogP contribution in [0, 0.1) is 5.82 Å². The fourth-order valence-corrected chi connectivity index (χ4v) is 1.87. The van der Waals surface area contributed by atoms with Crippen LogP contribution in [0.25, 0.3) is 0 Å². The summed E-state index contributed by atoms with van der Waals surface area (Å²) in [5, 5.41) is 3.96. The molecule has 2 rings (SSSR count). The van der Waals surface area contributed by atoms with Crippen molar-refractivity contribution in [1.29, 1.82) is 0 Å². The first-order valence-corrected chi connectivity index (χ1v) is 7.36. The van der Waals surface area contributed by atoms with E-state index in [0.717, 1.165) is 24.3 Å². The van der Waals surface area contributed by atoms with E-state index < -0.39 is 36.4 Å². The van der Waals surface area contributed by atoms with E-state index in [1.807, 2.05) is 0 Å². The number of carbonyl (C=O) groups excluding carboxylic acids is 3. The van der Waals surface area contributed by atoms with Crippen LogP contribution in [0.1, 0.15) is 10.4 Å². The largest absolute Gasteiger partial charge is 0.471 e. The molecule has 0 saturated carbocycles. The summed E-state index contributed by atoms with van der Waals surface area (Å²) in [4.78, 5) is 34.5. The Kier molecular flexibility index (Phi) is 6.11. The van der Waals surface area contributed by atoms with Gasteiger partial charge in [-0.2, -0.15) is 13.2 Å². The van der Waals surface area contributed by atoms with E-state index in [1.165, 1.54) is 24.3 Å². The second kappa shape index (κ2) is 8.30. The Morgan fingerprint density at radius 2 is 1.59 bits per heavy atom. The molecular formula is C17H12F4N2O4. The SMILES string of the molecule is O=C(COC(=O)c1cccc(NC(=O)C(F)(F)F)c1)Nc1ccc(F)cc1. The van der Waals surface area contributed by atoms with Crippen molar-refractivity contribution in [1.82, 2.24) is 0 Å². The maximum Gasteiger partial charge on any atom is 0.471 e. The number of hydrogen-bond acceptors (Lipinski definition) is 4. The average Bonchev–Trinajstić information content (AvgIpc) is 2.61. The number of amides is 2. The summed E-state index contributed by atoms with van der Waals surface area (Å²) >= 11 is 0. The number of ether oxygens (including phenoxy) is 1. The van der Waals surface area contributed by atoms with Crippen molar-refractivity contribution in [2.24, 2.45) is 0 Å². The number of halogens is 4. The molecule has 0 unspecified atom stereocenters. The van der Waals surface area contributed by atoms with Gasteiger partial charge in [-0.25, -0.2) is 9.18 Å². The van der Waals surface area contributed by atoms with Gasteiger partial charge >= 0.3 is 18.1 Å². The van der Waals surface area contributed by atoms with Gasteiger partial charge in [0.25, 0.3) is 5.91 Å². The van der Waals surface area contributed by atoms with Gasteiger partial charge in [-0.15, -0.1) is 0 Å². The Balaban J connectivity index is 1.92. The monoisotopic (exact) mass is 384 g/mol. The second-order valence-electron chi connectivity index (χ2n) is 5.16. The van der Waals surface area contributed by atoms with Crippen LogP contribution in [0.5, 0.6) is 0 Å². The van der Waals surface area contributed by atoms with E-state index in [0.29, 0.717) is 0 Å². The molecule has 0 radical (unpaired) electrons. The summed E-state index contributed by atoms with van der Waals surface area (Å²) in [6.45, 7) is -0.671. The lowest BCUT2D eigenvalue weighted by atomic mass is 10.2. The van der Waals surface area contributed by atoms with E-state index in [4.69, 9.17) is 4.74 Å². The highest BCUT2D eigenvalue weighted by atomic mass is 19.4. The van der Waals surface area contributed by atoms with Gasteiger partial charge in [-0.3, -0.25) is 9.59 Å². The summed E-state index contributed by atoms with van der Waals surface area (Å²) < 4.78 is 54.2. The van der Waals surface area contributed by atoms with Crippen LogP contribution in [0.4, 0.5) is 28.9 Å². The van der Waals surface area contributed by atoms with E-state index in [-0.39, 0.29) is 16.9 Å². The molecule has 142 valence electrons. The summed E-state index contributed by atoms with van der Waals surface area (Å²) in [6.07, 6.45) is -5.07. The van der Waals surface area contributed by atoms with Crippen LogP contribution >= 0.6 is 0 Å².